The van der Waals surface area contributed by atoms with Crippen molar-refractivity contribution in [1.29, 1.82) is 0 Å². The van der Waals surface area contributed by atoms with Crippen LogP contribution < -0.4 is 0 Å². The van der Waals surface area contributed by atoms with Gasteiger partial charge in [0.2, 0.25) is 0 Å². The first-order valence-corrected chi connectivity index (χ1v) is 3.74. The van der Waals surface area contributed by atoms with Gasteiger partial charge in [-0.05, 0) is 11.6 Å². The van der Waals surface area contributed by atoms with Crippen LogP contribution in [0.1, 0.15) is 5.56 Å². The fourth-order valence-corrected chi connectivity index (χ4v) is 0.814. The van der Waals surface area contributed by atoms with Crippen LogP contribution in [0.5, 0.6) is 0 Å². The summed E-state index contributed by atoms with van der Waals surface area (Å²) in [5.41, 5.74) is 1.13. The lowest BCUT2D eigenvalue weighted by atomic mass is 10.2. The van der Waals surface area contributed by atoms with E-state index in [-0.39, 0.29) is 0 Å². The summed E-state index contributed by atoms with van der Waals surface area (Å²) in [4.78, 5) is 0. The van der Waals surface area contributed by atoms with Crippen LogP contribution in [0.2, 0.25) is 0 Å². The highest BCUT2D eigenvalue weighted by atomic mass is 35.5. The minimum atomic E-state index is 0.550. The van der Waals surface area contributed by atoms with E-state index >= 15 is 0 Å². The molecule has 0 fully saturated rings. The predicted molar refractivity (Wildman–Crippen MR) is 50.5 cm³/mol. The molecule has 0 atom stereocenters. The lowest BCUT2D eigenvalue weighted by Gasteiger charge is -1.89. The predicted octanol–water partition coefficient (Wildman–Crippen LogP) is 3.45. The van der Waals surface area contributed by atoms with Crippen molar-refractivity contribution in [2.45, 2.75) is 0 Å². The SMILES string of the molecule is C=C(Cl)C=Cc1ccccc1. The van der Waals surface area contributed by atoms with Crippen molar-refractivity contribution in [2.75, 3.05) is 0 Å². The lowest BCUT2D eigenvalue weighted by Crippen LogP contribution is -1.67. The largest absolute Gasteiger partial charge is 0.0850 e. The van der Waals surface area contributed by atoms with Gasteiger partial charge < -0.3 is 0 Å². The summed E-state index contributed by atoms with van der Waals surface area (Å²) in [5, 5.41) is 0.550. The Morgan fingerprint density at radius 2 is 1.91 bits per heavy atom. The van der Waals surface area contributed by atoms with E-state index in [0.717, 1.165) is 5.56 Å². The van der Waals surface area contributed by atoms with Crippen molar-refractivity contribution in [2.24, 2.45) is 0 Å². The second-order valence-corrected chi connectivity index (χ2v) is 2.68. The molecule has 0 saturated carbocycles. The van der Waals surface area contributed by atoms with Crippen molar-refractivity contribution in [1.82, 2.24) is 0 Å². The lowest BCUT2D eigenvalue weighted by molar-refractivity contribution is 1.66. The van der Waals surface area contributed by atoms with E-state index in [0.29, 0.717) is 5.03 Å². The number of halogens is 1. The molecule has 0 nitrogen and oxygen atoms in total. The zero-order valence-electron chi connectivity index (χ0n) is 6.13. The standard InChI is InChI=1S/C10H9Cl/c1-9(11)7-8-10-5-3-2-4-6-10/h2-8H,1H2. The molecule has 56 valence electrons. The van der Waals surface area contributed by atoms with Gasteiger partial charge in [0.25, 0.3) is 0 Å². The van der Waals surface area contributed by atoms with E-state index in [1.165, 1.54) is 0 Å². The summed E-state index contributed by atoms with van der Waals surface area (Å²) in [7, 11) is 0. The van der Waals surface area contributed by atoms with Crippen molar-refractivity contribution >= 4 is 17.7 Å². The maximum Gasteiger partial charge on any atom is 0.0334 e. The first-order valence-electron chi connectivity index (χ1n) is 3.36. The van der Waals surface area contributed by atoms with Crippen molar-refractivity contribution in [3.63, 3.8) is 0 Å². The number of benzene rings is 1. The normalized spacial score (nSPS) is 10.3. The average molecular weight is 165 g/mol. The van der Waals surface area contributed by atoms with Gasteiger partial charge in [0.1, 0.15) is 0 Å². The Hall–Kier alpha value is -1.01. The van der Waals surface area contributed by atoms with Gasteiger partial charge in [-0.1, -0.05) is 54.6 Å². The third-order valence-electron chi connectivity index (χ3n) is 1.26. The summed E-state index contributed by atoms with van der Waals surface area (Å²) >= 11 is 5.55. The maximum atomic E-state index is 5.55. The zero-order chi connectivity index (χ0) is 8.10. The Kier molecular flexibility index (Phi) is 2.94. The molecule has 0 radical (unpaired) electrons. The topological polar surface area (TPSA) is 0 Å². The molecule has 1 heteroatoms. The van der Waals surface area contributed by atoms with Crippen LogP contribution in [0, 0.1) is 0 Å². The van der Waals surface area contributed by atoms with E-state index in [2.05, 4.69) is 6.58 Å². The molecule has 0 aromatic heterocycles. The van der Waals surface area contributed by atoms with Gasteiger partial charge >= 0.3 is 0 Å². The summed E-state index contributed by atoms with van der Waals surface area (Å²) in [5.74, 6) is 0. The van der Waals surface area contributed by atoms with E-state index in [4.69, 9.17) is 11.6 Å². The van der Waals surface area contributed by atoms with Crippen LogP contribution in [0.4, 0.5) is 0 Å². The van der Waals surface area contributed by atoms with Gasteiger partial charge in [-0.3, -0.25) is 0 Å². The molecular weight excluding hydrogens is 156 g/mol. The molecule has 0 aliphatic carbocycles. The van der Waals surface area contributed by atoms with E-state index in [1.54, 1.807) is 6.08 Å². The molecule has 0 aliphatic heterocycles. The number of hydrogen-bond donors (Lipinski definition) is 0. The van der Waals surface area contributed by atoms with Crippen LogP contribution in [0.25, 0.3) is 6.08 Å². The fraction of sp³-hybridized carbons (Fsp3) is 0. The van der Waals surface area contributed by atoms with Crippen LogP contribution in [0.15, 0.2) is 48.0 Å². The quantitative estimate of drug-likeness (QED) is 0.588. The van der Waals surface area contributed by atoms with Crippen molar-refractivity contribution in [3.8, 4) is 0 Å². The molecule has 0 N–H and O–H groups in total. The van der Waals surface area contributed by atoms with Gasteiger partial charge in [-0.25, -0.2) is 0 Å². The number of allylic oxidation sites excluding steroid dienone is 2. The molecule has 0 spiro atoms. The molecule has 1 aromatic carbocycles. The van der Waals surface area contributed by atoms with Gasteiger partial charge in [0.05, 0.1) is 0 Å². The Bertz CT molecular complexity index is 259. The third kappa shape index (κ3) is 3.06. The van der Waals surface area contributed by atoms with Crippen molar-refractivity contribution in [3.05, 3.63) is 53.6 Å². The second-order valence-electron chi connectivity index (χ2n) is 2.19. The Morgan fingerprint density at radius 1 is 1.27 bits per heavy atom. The van der Waals surface area contributed by atoms with E-state index in [1.807, 2.05) is 36.4 Å². The molecule has 0 unspecified atom stereocenters. The first-order chi connectivity index (χ1) is 5.29. The van der Waals surface area contributed by atoms with Crippen LogP contribution in [0.3, 0.4) is 0 Å². The second kappa shape index (κ2) is 3.99. The monoisotopic (exact) mass is 164 g/mol. The molecule has 11 heavy (non-hydrogen) atoms. The highest BCUT2D eigenvalue weighted by Gasteiger charge is 1.81. The summed E-state index contributed by atoms with van der Waals surface area (Å²) in [6.45, 7) is 3.55. The average Bonchev–Trinajstić information content (AvgIpc) is 2.03. The minimum absolute atomic E-state index is 0.550. The van der Waals surface area contributed by atoms with E-state index in [9.17, 15) is 0 Å². The number of hydrogen-bond acceptors (Lipinski definition) is 0. The van der Waals surface area contributed by atoms with Gasteiger partial charge in [-0.2, -0.15) is 0 Å². The van der Waals surface area contributed by atoms with Crippen LogP contribution >= 0.6 is 11.6 Å². The minimum Gasteiger partial charge on any atom is -0.0850 e. The van der Waals surface area contributed by atoms with Crippen molar-refractivity contribution < 1.29 is 0 Å². The zero-order valence-corrected chi connectivity index (χ0v) is 6.88. The molecule has 0 saturated heterocycles. The third-order valence-corrected chi connectivity index (χ3v) is 1.38. The highest BCUT2D eigenvalue weighted by Crippen LogP contribution is 2.05. The van der Waals surface area contributed by atoms with Crippen LogP contribution in [-0.2, 0) is 0 Å². The number of rotatable bonds is 2. The summed E-state index contributed by atoms with van der Waals surface area (Å²) in [6.07, 6.45) is 3.70. The van der Waals surface area contributed by atoms with E-state index < -0.39 is 0 Å². The first kappa shape index (κ1) is 8.09. The summed E-state index contributed by atoms with van der Waals surface area (Å²) in [6, 6.07) is 9.97. The van der Waals surface area contributed by atoms with Gasteiger partial charge in [0.15, 0.2) is 0 Å². The molecule has 1 rings (SSSR count). The molecule has 0 bridgehead atoms. The smallest absolute Gasteiger partial charge is 0.0334 e. The molecule has 1 aromatic rings. The molecular formula is C10H9Cl. The molecule has 0 heterocycles. The van der Waals surface area contributed by atoms with Gasteiger partial charge in [-0.15, -0.1) is 0 Å². The Morgan fingerprint density at radius 3 is 2.45 bits per heavy atom. The fourth-order valence-electron chi connectivity index (χ4n) is 0.751. The highest BCUT2D eigenvalue weighted by molar-refractivity contribution is 6.31. The molecule has 0 aliphatic rings. The Balaban J connectivity index is 2.72. The molecule has 0 amide bonds. The summed E-state index contributed by atoms with van der Waals surface area (Å²) < 4.78 is 0. The maximum absolute atomic E-state index is 5.55. The van der Waals surface area contributed by atoms with Crippen LogP contribution in [-0.4, -0.2) is 0 Å². The van der Waals surface area contributed by atoms with Gasteiger partial charge in [0, 0.05) is 5.03 Å². The Labute approximate surface area is 71.8 Å².